The normalized spacial score (nSPS) is 22.3. The first-order valence-corrected chi connectivity index (χ1v) is 9.03. The van der Waals surface area contributed by atoms with Crippen LogP contribution in [0.15, 0.2) is 24.3 Å². The molecule has 0 saturated carbocycles. The Morgan fingerprint density at radius 2 is 1.83 bits per heavy atom. The predicted molar refractivity (Wildman–Crippen MR) is 95.1 cm³/mol. The lowest BCUT2D eigenvalue weighted by atomic mass is 10.0. The van der Waals surface area contributed by atoms with Crippen molar-refractivity contribution in [3.8, 4) is 0 Å². The lowest BCUT2D eigenvalue weighted by molar-refractivity contribution is 0.0608. The number of likely N-dealkylation sites (tertiary alicyclic amines) is 2. The van der Waals surface area contributed by atoms with Crippen LogP contribution < -0.4 is 4.90 Å². The molecule has 1 aromatic rings. The Morgan fingerprint density at radius 3 is 2.48 bits per heavy atom. The van der Waals surface area contributed by atoms with E-state index in [0.29, 0.717) is 6.04 Å². The van der Waals surface area contributed by atoms with Crippen molar-refractivity contribution < 1.29 is 4.79 Å². The van der Waals surface area contributed by atoms with E-state index in [0.717, 1.165) is 37.3 Å². The Hall–Kier alpha value is -1.55. The van der Waals surface area contributed by atoms with E-state index in [1.54, 1.807) is 0 Å². The molecule has 0 unspecified atom stereocenters. The van der Waals surface area contributed by atoms with Gasteiger partial charge in [0.05, 0.1) is 0 Å². The van der Waals surface area contributed by atoms with E-state index >= 15 is 0 Å². The lowest BCUT2D eigenvalue weighted by Crippen LogP contribution is -2.48. The van der Waals surface area contributed by atoms with Gasteiger partial charge in [-0.2, -0.15) is 0 Å². The molecule has 1 atom stereocenters. The number of rotatable bonds is 4. The number of nitrogens with zero attached hydrogens (tertiary/aromatic N) is 3. The van der Waals surface area contributed by atoms with Crippen molar-refractivity contribution >= 4 is 11.6 Å². The second-order valence-corrected chi connectivity index (χ2v) is 6.85. The summed E-state index contributed by atoms with van der Waals surface area (Å²) < 4.78 is 0. The summed E-state index contributed by atoms with van der Waals surface area (Å²) in [4.78, 5) is 19.6. The number of amides is 1. The van der Waals surface area contributed by atoms with E-state index in [2.05, 4.69) is 40.8 Å². The molecule has 4 nitrogen and oxygen atoms in total. The van der Waals surface area contributed by atoms with E-state index in [9.17, 15) is 4.79 Å². The molecule has 126 valence electrons. The monoisotopic (exact) mass is 315 g/mol. The average molecular weight is 315 g/mol. The zero-order chi connectivity index (χ0) is 16.2. The fraction of sp³-hybridized carbons (Fsp3) is 0.632. The summed E-state index contributed by atoms with van der Waals surface area (Å²) in [5, 5.41) is 0. The van der Waals surface area contributed by atoms with Gasteiger partial charge < -0.3 is 9.80 Å². The molecular formula is C19H29N3O. The first-order valence-electron chi connectivity index (χ1n) is 9.03. The minimum atomic E-state index is 0.194. The quantitative estimate of drug-likeness (QED) is 0.855. The Labute approximate surface area is 140 Å². The van der Waals surface area contributed by atoms with Crippen LogP contribution in [0.1, 0.15) is 43.0 Å². The maximum Gasteiger partial charge on any atom is 0.253 e. The second kappa shape index (κ2) is 7.35. The number of carbonyl (C=O) groups excluding carboxylic acids is 1. The second-order valence-electron chi connectivity index (χ2n) is 6.85. The summed E-state index contributed by atoms with van der Waals surface area (Å²) in [6, 6.07) is 8.63. The van der Waals surface area contributed by atoms with Crippen molar-refractivity contribution in [1.82, 2.24) is 9.80 Å². The van der Waals surface area contributed by atoms with Gasteiger partial charge in [-0.15, -0.1) is 0 Å². The van der Waals surface area contributed by atoms with Crippen LogP contribution in [0.3, 0.4) is 0 Å². The molecule has 0 bridgehead atoms. The van der Waals surface area contributed by atoms with Crippen molar-refractivity contribution in [3.63, 3.8) is 0 Å². The van der Waals surface area contributed by atoms with E-state index in [1.807, 2.05) is 12.1 Å². The smallest absolute Gasteiger partial charge is 0.253 e. The van der Waals surface area contributed by atoms with Crippen LogP contribution in [-0.2, 0) is 0 Å². The van der Waals surface area contributed by atoms with Gasteiger partial charge in [-0.3, -0.25) is 9.69 Å². The highest BCUT2D eigenvalue weighted by molar-refractivity contribution is 5.94. The molecule has 1 aromatic carbocycles. The van der Waals surface area contributed by atoms with Crippen LogP contribution in [0.5, 0.6) is 0 Å². The van der Waals surface area contributed by atoms with E-state index < -0.39 is 0 Å². The third-order valence-corrected chi connectivity index (χ3v) is 5.37. The maximum absolute atomic E-state index is 12.8. The minimum Gasteiger partial charge on any atom is -0.375 e. The molecule has 0 N–H and O–H groups in total. The van der Waals surface area contributed by atoms with Crippen LogP contribution in [0.2, 0.25) is 0 Å². The van der Waals surface area contributed by atoms with Crippen LogP contribution in [0, 0.1) is 0 Å². The highest BCUT2D eigenvalue weighted by Gasteiger charge is 2.29. The van der Waals surface area contributed by atoms with Crippen molar-refractivity contribution in [2.45, 2.75) is 38.6 Å². The van der Waals surface area contributed by atoms with Crippen molar-refractivity contribution in [2.75, 3.05) is 44.7 Å². The zero-order valence-corrected chi connectivity index (χ0v) is 14.5. The van der Waals surface area contributed by atoms with Gasteiger partial charge in [0.2, 0.25) is 0 Å². The number of carbonyl (C=O) groups is 1. The maximum atomic E-state index is 12.8. The molecule has 0 radical (unpaired) electrons. The van der Waals surface area contributed by atoms with Gasteiger partial charge in [0.15, 0.2) is 0 Å². The number of hydrogen-bond donors (Lipinski definition) is 0. The third kappa shape index (κ3) is 3.69. The fourth-order valence-corrected chi connectivity index (χ4v) is 3.77. The van der Waals surface area contributed by atoms with Gasteiger partial charge in [-0.1, -0.05) is 0 Å². The first kappa shape index (κ1) is 16.3. The van der Waals surface area contributed by atoms with Crippen LogP contribution in [0.25, 0.3) is 0 Å². The molecule has 0 aromatic heterocycles. The highest BCUT2D eigenvalue weighted by Crippen LogP contribution is 2.22. The Balaban J connectivity index is 1.64. The molecule has 0 aliphatic carbocycles. The first-order chi connectivity index (χ1) is 11.2. The molecule has 0 spiro atoms. The lowest BCUT2D eigenvalue weighted by Gasteiger charge is -2.37. The minimum absolute atomic E-state index is 0.194. The van der Waals surface area contributed by atoms with Crippen molar-refractivity contribution in [3.05, 3.63) is 29.8 Å². The molecule has 2 heterocycles. The Morgan fingerprint density at radius 1 is 1.13 bits per heavy atom. The molecule has 3 rings (SSSR count). The number of anilines is 1. The molecule has 2 aliphatic rings. The average Bonchev–Trinajstić information content (AvgIpc) is 3.15. The molecule has 4 heteroatoms. The molecule has 2 fully saturated rings. The fourth-order valence-electron chi connectivity index (χ4n) is 3.77. The zero-order valence-electron chi connectivity index (χ0n) is 14.5. The van der Waals surface area contributed by atoms with Gasteiger partial charge in [-0.25, -0.2) is 0 Å². The molecule has 2 saturated heterocycles. The molecule has 23 heavy (non-hydrogen) atoms. The summed E-state index contributed by atoms with van der Waals surface area (Å²) in [6.45, 7) is 7.33. The molecular weight excluding hydrogens is 286 g/mol. The Bertz CT molecular complexity index is 522. The third-order valence-electron chi connectivity index (χ3n) is 5.37. The number of benzene rings is 1. The summed E-state index contributed by atoms with van der Waals surface area (Å²) >= 11 is 0. The Kier molecular flexibility index (Phi) is 5.21. The van der Waals surface area contributed by atoms with Gasteiger partial charge in [0.25, 0.3) is 5.91 Å². The van der Waals surface area contributed by atoms with Crippen molar-refractivity contribution in [2.24, 2.45) is 0 Å². The highest BCUT2D eigenvalue weighted by atomic mass is 16.2. The van der Waals surface area contributed by atoms with Crippen molar-refractivity contribution in [1.29, 1.82) is 0 Å². The van der Waals surface area contributed by atoms with Crippen LogP contribution >= 0.6 is 0 Å². The van der Waals surface area contributed by atoms with Crippen LogP contribution in [0.4, 0.5) is 5.69 Å². The van der Waals surface area contributed by atoms with E-state index in [1.165, 1.54) is 32.4 Å². The van der Waals surface area contributed by atoms with E-state index in [4.69, 9.17) is 0 Å². The SMILES string of the molecule is CCN(C)c1ccc(C(=O)N2CCC[C@@H](N3CCCC3)C2)cc1. The largest absolute Gasteiger partial charge is 0.375 e. The van der Waals surface area contributed by atoms with Gasteiger partial charge >= 0.3 is 0 Å². The van der Waals surface area contributed by atoms with Gasteiger partial charge in [0.1, 0.15) is 0 Å². The standard InChI is InChI=1S/C19H29N3O/c1-3-20(2)17-10-8-16(9-11-17)19(23)22-14-6-7-18(15-22)21-12-4-5-13-21/h8-11,18H,3-7,12-15H2,1-2H3/t18-/m1/s1. The summed E-state index contributed by atoms with van der Waals surface area (Å²) in [6.07, 6.45) is 5.00. The summed E-state index contributed by atoms with van der Waals surface area (Å²) in [7, 11) is 2.07. The molecule has 1 amide bonds. The van der Waals surface area contributed by atoms with Gasteiger partial charge in [-0.05, 0) is 70.0 Å². The number of piperidine rings is 1. The number of hydrogen-bond acceptors (Lipinski definition) is 3. The van der Waals surface area contributed by atoms with Crippen LogP contribution in [-0.4, -0.2) is 61.5 Å². The summed E-state index contributed by atoms with van der Waals surface area (Å²) in [5.41, 5.74) is 1.98. The topological polar surface area (TPSA) is 26.8 Å². The molecule has 2 aliphatic heterocycles. The predicted octanol–water partition coefficient (Wildman–Crippen LogP) is 2.84. The summed E-state index contributed by atoms with van der Waals surface area (Å²) in [5.74, 6) is 0.194. The van der Waals surface area contributed by atoms with E-state index in [-0.39, 0.29) is 5.91 Å². The van der Waals surface area contributed by atoms with Gasteiger partial charge in [0, 0.05) is 44.0 Å².